The van der Waals surface area contributed by atoms with E-state index in [4.69, 9.17) is 10.5 Å². The van der Waals surface area contributed by atoms with Crippen LogP contribution in [-0.4, -0.2) is 18.0 Å². The minimum absolute atomic E-state index is 0.471. The number of aromatic nitrogens is 1. The van der Waals surface area contributed by atoms with Crippen LogP contribution in [0.3, 0.4) is 0 Å². The van der Waals surface area contributed by atoms with Crippen molar-refractivity contribution < 1.29 is 4.74 Å². The first-order chi connectivity index (χ1) is 9.13. The fourth-order valence-electron chi connectivity index (χ4n) is 1.92. The van der Waals surface area contributed by atoms with Crippen molar-refractivity contribution >= 4 is 22.4 Å². The predicted octanol–water partition coefficient (Wildman–Crippen LogP) is 3.07. The first-order valence-corrected chi connectivity index (χ1v) is 7.04. The van der Waals surface area contributed by atoms with Crippen molar-refractivity contribution in [2.24, 2.45) is 0 Å². The molecule has 2 rings (SSSR count). The highest BCUT2D eigenvalue weighted by Crippen LogP contribution is 2.38. The Hall–Kier alpha value is -1.75. The van der Waals surface area contributed by atoms with Crippen molar-refractivity contribution in [2.75, 3.05) is 24.3 Å². The number of hydrogen-bond donors (Lipinski definition) is 1. The molecule has 0 saturated carbocycles. The Morgan fingerprint density at radius 2 is 2.11 bits per heavy atom. The maximum Gasteiger partial charge on any atom is 0.197 e. The zero-order valence-corrected chi connectivity index (χ0v) is 12.3. The lowest BCUT2D eigenvalue weighted by atomic mass is 10.1. The minimum atomic E-state index is 0.471. The molecule has 4 nitrogen and oxygen atoms in total. The zero-order valence-electron chi connectivity index (χ0n) is 11.5. The smallest absolute Gasteiger partial charge is 0.197 e. The van der Waals surface area contributed by atoms with Crippen LogP contribution in [0.5, 0.6) is 5.75 Å². The molecule has 0 saturated heterocycles. The van der Waals surface area contributed by atoms with Crippen molar-refractivity contribution in [3.8, 4) is 5.75 Å². The van der Waals surface area contributed by atoms with Crippen LogP contribution in [-0.2, 0) is 6.54 Å². The number of rotatable bonds is 5. The van der Waals surface area contributed by atoms with Gasteiger partial charge in [0.1, 0.15) is 0 Å². The van der Waals surface area contributed by atoms with Crippen molar-refractivity contribution in [3.63, 3.8) is 0 Å². The number of aryl methyl sites for hydroxylation is 1. The van der Waals surface area contributed by atoms with Crippen molar-refractivity contribution in [1.82, 2.24) is 4.37 Å². The lowest BCUT2D eigenvalue weighted by molar-refractivity contribution is 0.343. The average Bonchev–Trinajstić information content (AvgIpc) is 2.75. The number of benzene rings is 1. The number of anilines is 2. The summed E-state index contributed by atoms with van der Waals surface area (Å²) in [6.45, 7) is 5.47. The topological polar surface area (TPSA) is 51.4 Å². The average molecular weight is 277 g/mol. The minimum Gasteiger partial charge on any atom is -0.487 e. The Kier molecular flexibility index (Phi) is 4.27. The first-order valence-electron chi connectivity index (χ1n) is 6.27. The van der Waals surface area contributed by atoms with E-state index in [-0.39, 0.29) is 0 Å². The van der Waals surface area contributed by atoms with E-state index in [0.717, 1.165) is 11.5 Å². The van der Waals surface area contributed by atoms with Gasteiger partial charge in [-0.05, 0) is 36.5 Å². The van der Waals surface area contributed by atoms with Gasteiger partial charge in [0, 0.05) is 13.6 Å². The summed E-state index contributed by atoms with van der Waals surface area (Å²) in [5.74, 6) is 1.17. The summed E-state index contributed by atoms with van der Waals surface area (Å²) in [6.07, 6.45) is 0. The molecule has 0 aliphatic rings. The second kappa shape index (κ2) is 5.93. The van der Waals surface area contributed by atoms with Crippen LogP contribution in [0.4, 0.5) is 10.8 Å². The normalized spacial score (nSPS) is 10.5. The van der Waals surface area contributed by atoms with Crippen LogP contribution in [0.1, 0.15) is 18.1 Å². The molecule has 0 fully saturated rings. The van der Waals surface area contributed by atoms with Crippen LogP contribution >= 0.6 is 11.5 Å². The van der Waals surface area contributed by atoms with E-state index >= 15 is 0 Å². The zero-order chi connectivity index (χ0) is 13.8. The number of ether oxygens (including phenoxy) is 1. The summed E-state index contributed by atoms with van der Waals surface area (Å²) in [5.41, 5.74) is 8.41. The molecule has 0 aliphatic heterocycles. The first kappa shape index (κ1) is 13.7. The van der Waals surface area contributed by atoms with Crippen molar-refractivity contribution in [3.05, 3.63) is 35.4 Å². The Balaban J connectivity index is 2.20. The quantitative estimate of drug-likeness (QED) is 0.912. The molecule has 0 radical (unpaired) electrons. The molecule has 2 aromatic rings. The molecule has 5 heteroatoms. The molecule has 0 spiro atoms. The van der Waals surface area contributed by atoms with Gasteiger partial charge in [-0.15, -0.1) is 0 Å². The highest BCUT2D eigenvalue weighted by molar-refractivity contribution is 7.11. The monoisotopic (exact) mass is 277 g/mol. The van der Waals surface area contributed by atoms with Crippen molar-refractivity contribution in [1.29, 1.82) is 0 Å². The van der Waals surface area contributed by atoms with Gasteiger partial charge in [-0.3, -0.25) is 0 Å². The largest absolute Gasteiger partial charge is 0.487 e. The Labute approximate surface area is 118 Å². The fourth-order valence-corrected chi connectivity index (χ4v) is 2.64. The van der Waals surface area contributed by atoms with Crippen LogP contribution in [0.2, 0.25) is 0 Å². The highest BCUT2D eigenvalue weighted by atomic mass is 32.1. The van der Waals surface area contributed by atoms with E-state index in [0.29, 0.717) is 18.2 Å². The van der Waals surface area contributed by atoms with Gasteiger partial charge in [0.2, 0.25) is 0 Å². The number of nitrogens with two attached hydrogens (primary N) is 1. The van der Waals surface area contributed by atoms with Crippen LogP contribution in [0.25, 0.3) is 0 Å². The molecule has 1 aromatic heterocycles. The molecule has 0 amide bonds. The van der Waals surface area contributed by atoms with Gasteiger partial charge in [0.25, 0.3) is 0 Å². The van der Waals surface area contributed by atoms with E-state index in [1.54, 1.807) is 0 Å². The van der Waals surface area contributed by atoms with E-state index in [1.807, 2.05) is 14.0 Å². The van der Waals surface area contributed by atoms with E-state index in [1.165, 1.54) is 22.7 Å². The van der Waals surface area contributed by atoms with Gasteiger partial charge >= 0.3 is 0 Å². The molecule has 0 atom stereocenters. The molecule has 0 bridgehead atoms. The lowest BCUT2D eigenvalue weighted by Crippen LogP contribution is -2.16. The summed E-state index contributed by atoms with van der Waals surface area (Å²) in [5, 5.41) is 0.975. The van der Waals surface area contributed by atoms with Gasteiger partial charge < -0.3 is 15.4 Å². The molecule has 1 aromatic carbocycles. The third kappa shape index (κ3) is 2.98. The third-order valence-electron chi connectivity index (χ3n) is 2.96. The molecule has 0 unspecified atom stereocenters. The summed E-state index contributed by atoms with van der Waals surface area (Å²) in [7, 11) is 2.03. The number of nitrogen functional groups attached to an aromatic ring is 1. The molecule has 0 aliphatic carbocycles. The molecular weight excluding hydrogens is 258 g/mol. The van der Waals surface area contributed by atoms with E-state index in [2.05, 4.69) is 40.5 Å². The van der Waals surface area contributed by atoms with Crippen LogP contribution in [0.15, 0.2) is 24.3 Å². The standard InChI is InChI=1S/C14H19N3OS/c1-4-18-12-13(15)16-19-14(12)17(3)9-11-8-6-5-7-10(11)2/h5-8H,4,9H2,1-3H3,(H2,15,16). The Bertz CT molecular complexity index is 553. The summed E-state index contributed by atoms with van der Waals surface area (Å²) >= 11 is 1.38. The third-order valence-corrected chi connectivity index (χ3v) is 3.92. The second-order valence-electron chi connectivity index (χ2n) is 4.42. The second-order valence-corrected chi connectivity index (χ2v) is 5.17. The predicted molar refractivity (Wildman–Crippen MR) is 81.0 cm³/mol. The maximum absolute atomic E-state index is 5.84. The SMILES string of the molecule is CCOc1c(N)nsc1N(C)Cc1ccccc1C. The highest BCUT2D eigenvalue weighted by Gasteiger charge is 2.17. The summed E-state index contributed by atoms with van der Waals surface area (Å²) < 4.78 is 9.75. The lowest BCUT2D eigenvalue weighted by Gasteiger charge is -2.19. The summed E-state index contributed by atoms with van der Waals surface area (Å²) in [4.78, 5) is 2.13. The molecule has 1 heterocycles. The molecule has 2 N–H and O–H groups in total. The van der Waals surface area contributed by atoms with E-state index in [9.17, 15) is 0 Å². The molecule has 102 valence electrons. The van der Waals surface area contributed by atoms with Gasteiger partial charge in [-0.1, -0.05) is 24.3 Å². The van der Waals surface area contributed by atoms with Crippen molar-refractivity contribution in [2.45, 2.75) is 20.4 Å². The van der Waals surface area contributed by atoms with Crippen LogP contribution < -0.4 is 15.4 Å². The van der Waals surface area contributed by atoms with Gasteiger partial charge in [0.05, 0.1) is 6.61 Å². The fraction of sp³-hybridized carbons (Fsp3) is 0.357. The Morgan fingerprint density at radius 1 is 1.37 bits per heavy atom. The Morgan fingerprint density at radius 3 is 2.79 bits per heavy atom. The maximum atomic E-state index is 5.84. The van der Waals surface area contributed by atoms with Gasteiger partial charge in [-0.2, -0.15) is 4.37 Å². The number of hydrogen-bond acceptors (Lipinski definition) is 5. The van der Waals surface area contributed by atoms with Gasteiger partial charge in [-0.25, -0.2) is 0 Å². The molecule has 19 heavy (non-hydrogen) atoms. The summed E-state index contributed by atoms with van der Waals surface area (Å²) in [6, 6.07) is 8.36. The van der Waals surface area contributed by atoms with Gasteiger partial charge in [0.15, 0.2) is 16.6 Å². The van der Waals surface area contributed by atoms with Crippen LogP contribution in [0, 0.1) is 6.92 Å². The van der Waals surface area contributed by atoms with E-state index < -0.39 is 0 Å². The molecular formula is C14H19N3OS. The number of nitrogens with zero attached hydrogens (tertiary/aromatic N) is 2.